The van der Waals surface area contributed by atoms with Gasteiger partial charge in [-0.3, -0.25) is 9.67 Å². The third kappa shape index (κ3) is 3.17. The first-order valence-corrected chi connectivity index (χ1v) is 10.4. The molecule has 0 unspecified atom stereocenters. The van der Waals surface area contributed by atoms with Gasteiger partial charge in [-0.1, -0.05) is 12.1 Å². The lowest BCUT2D eigenvalue weighted by Crippen LogP contribution is -2.07. The maximum absolute atomic E-state index is 5.35. The van der Waals surface area contributed by atoms with Crippen molar-refractivity contribution < 1.29 is 4.74 Å². The molecule has 1 aliphatic rings. The zero-order chi connectivity index (χ0) is 21.5. The molecule has 2 aromatic carbocycles. The highest BCUT2D eigenvalue weighted by Gasteiger charge is 2.20. The lowest BCUT2D eigenvalue weighted by atomic mass is 10.1. The van der Waals surface area contributed by atoms with Crippen LogP contribution in [-0.4, -0.2) is 31.8 Å². The number of aromatic amines is 1. The molecule has 8 heteroatoms. The van der Waals surface area contributed by atoms with E-state index in [0.29, 0.717) is 5.95 Å². The van der Waals surface area contributed by atoms with Gasteiger partial charge >= 0.3 is 0 Å². The summed E-state index contributed by atoms with van der Waals surface area (Å²) in [5.74, 6) is 2.29. The van der Waals surface area contributed by atoms with E-state index in [1.807, 2.05) is 47.4 Å². The monoisotopic (exact) mass is 423 g/mol. The number of H-pyrrole nitrogens is 1. The van der Waals surface area contributed by atoms with Crippen molar-refractivity contribution in [1.29, 1.82) is 0 Å². The van der Waals surface area contributed by atoms with E-state index in [4.69, 9.17) is 14.7 Å². The highest BCUT2D eigenvalue weighted by Crippen LogP contribution is 2.29. The molecule has 3 N–H and O–H groups in total. The Morgan fingerprint density at radius 1 is 1.00 bits per heavy atom. The zero-order valence-electron chi connectivity index (χ0n) is 17.5. The number of fused-ring (bicyclic) bond motifs is 2. The fourth-order valence-electron chi connectivity index (χ4n) is 4.08. The number of rotatable bonds is 5. The highest BCUT2D eigenvalue weighted by molar-refractivity contribution is 5.83. The predicted molar refractivity (Wildman–Crippen MR) is 123 cm³/mol. The number of methoxy groups -OCH3 is 1. The van der Waals surface area contributed by atoms with Gasteiger partial charge in [0.1, 0.15) is 11.6 Å². The third-order valence-corrected chi connectivity index (χ3v) is 5.77. The first kappa shape index (κ1) is 18.6. The van der Waals surface area contributed by atoms with Crippen molar-refractivity contribution in [2.24, 2.45) is 0 Å². The van der Waals surface area contributed by atoms with Crippen molar-refractivity contribution in [3.63, 3.8) is 0 Å². The lowest BCUT2D eigenvalue weighted by Gasteiger charge is -2.13. The summed E-state index contributed by atoms with van der Waals surface area (Å²) in [6.07, 6.45) is 5.70. The second-order valence-electron chi connectivity index (χ2n) is 7.70. The largest absolute Gasteiger partial charge is 0.497 e. The van der Waals surface area contributed by atoms with Crippen molar-refractivity contribution in [2.75, 3.05) is 12.4 Å². The van der Waals surface area contributed by atoms with Crippen molar-refractivity contribution in [2.45, 2.75) is 13.1 Å². The normalized spacial score (nSPS) is 12.8. The van der Waals surface area contributed by atoms with Crippen LogP contribution in [0.3, 0.4) is 0 Å². The molecule has 6 rings (SSSR count). The van der Waals surface area contributed by atoms with Gasteiger partial charge in [-0.05, 0) is 42.0 Å². The zero-order valence-corrected chi connectivity index (χ0v) is 17.5. The van der Waals surface area contributed by atoms with Gasteiger partial charge in [0, 0.05) is 47.7 Å². The molecule has 0 amide bonds. The van der Waals surface area contributed by atoms with E-state index in [9.17, 15) is 0 Å². The van der Waals surface area contributed by atoms with Crippen LogP contribution in [0.2, 0.25) is 0 Å². The molecule has 0 radical (unpaired) electrons. The van der Waals surface area contributed by atoms with Crippen LogP contribution in [0, 0.1) is 0 Å². The van der Waals surface area contributed by atoms with Crippen LogP contribution in [0.25, 0.3) is 28.0 Å². The van der Waals surface area contributed by atoms with Crippen molar-refractivity contribution in [3.05, 3.63) is 78.4 Å². The molecule has 5 aromatic rings. The Kier molecular flexibility index (Phi) is 4.36. The van der Waals surface area contributed by atoms with Gasteiger partial charge in [0.05, 0.1) is 24.5 Å². The van der Waals surface area contributed by atoms with Crippen LogP contribution in [-0.2, 0) is 13.1 Å². The minimum Gasteiger partial charge on any atom is -0.497 e. The van der Waals surface area contributed by atoms with E-state index in [1.165, 1.54) is 0 Å². The van der Waals surface area contributed by atoms with Crippen LogP contribution >= 0.6 is 0 Å². The highest BCUT2D eigenvalue weighted by atomic mass is 16.5. The number of anilines is 2. The third-order valence-electron chi connectivity index (χ3n) is 5.77. The molecule has 1 aliphatic heterocycles. The Morgan fingerprint density at radius 3 is 2.72 bits per heavy atom. The summed E-state index contributed by atoms with van der Waals surface area (Å²) < 4.78 is 7.37. The summed E-state index contributed by atoms with van der Waals surface area (Å²) in [6, 6.07) is 16.3. The number of hydrogen-bond acceptors (Lipinski definition) is 6. The minimum absolute atomic E-state index is 0.644. The Bertz CT molecular complexity index is 1400. The van der Waals surface area contributed by atoms with Gasteiger partial charge in [-0.25, -0.2) is 4.98 Å². The van der Waals surface area contributed by atoms with E-state index < -0.39 is 0 Å². The summed E-state index contributed by atoms with van der Waals surface area (Å²) in [4.78, 5) is 9.75. The number of nitrogens with zero attached hydrogens (tertiary/aromatic N) is 4. The SMILES string of the molecule is COc1ccc2c(ccn2-c2nc3c(c(Nc4ccc(-c5cn[nH]c5)cc4)n2)CNC3)c1. The van der Waals surface area contributed by atoms with Gasteiger partial charge in [-0.2, -0.15) is 10.1 Å². The number of hydrogen-bond donors (Lipinski definition) is 3. The fourth-order valence-corrected chi connectivity index (χ4v) is 4.08. The average molecular weight is 423 g/mol. The number of aromatic nitrogens is 5. The van der Waals surface area contributed by atoms with Crippen LogP contribution in [0.1, 0.15) is 11.3 Å². The molecule has 0 saturated carbocycles. The number of ether oxygens (including phenoxy) is 1. The minimum atomic E-state index is 0.644. The smallest absolute Gasteiger partial charge is 0.236 e. The first-order valence-electron chi connectivity index (χ1n) is 10.4. The molecule has 4 heterocycles. The quantitative estimate of drug-likeness (QED) is 0.393. The number of benzene rings is 2. The molecule has 8 nitrogen and oxygen atoms in total. The van der Waals surface area contributed by atoms with E-state index in [2.05, 4.69) is 45.1 Å². The van der Waals surface area contributed by atoms with Gasteiger partial charge in [0.15, 0.2) is 0 Å². The van der Waals surface area contributed by atoms with Crippen molar-refractivity contribution >= 4 is 22.4 Å². The van der Waals surface area contributed by atoms with Crippen LogP contribution in [0.5, 0.6) is 5.75 Å². The molecule has 32 heavy (non-hydrogen) atoms. The summed E-state index contributed by atoms with van der Waals surface area (Å²) >= 11 is 0. The predicted octanol–water partition coefficient (Wildman–Crippen LogP) is 4.17. The Hall–Kier alpha value is -4.17. The molecule has 158 valence electrons. The summed E-state index contributed by atoms with van der Waals surface area (Å²) in [5, 5.41) is 14.8. The summed E-state index contributed by atoms with van der Waals surface area (Å²) in [7, 11) is 1.68. The van der Waals surface area contributed by atoms with Gasteiger partial charge in [0.25, 0.3) is 0 Å². The summed E-state index contributed by atoms with van der Waals surface area (Å²) in [6.45, 7) is 1.47. The fraction of sp³-hybridized carbons (Fsp3) is 0.125. The number of nitrogens with one attached hydrogen (secondary N) is 3. The van der Waals surface area contributed by atoms with Gasteiger partial charge in [-0.15, -0.1) is 0 Å². The molecule has 0 aliphatic carbocycles. The molecule has 0 atom stereocenters. The summed E-state index contributed by atoms with van der Waals surface area (Å²) in [5.41, 5.74) is 6.29. The Morgan fingerprint density at radius 2 is 1.91 bits per heavy atom. The molecular weight excluding hydrogens is 402 g/mol. The first-order chi connectivity index (χ1) is 15.8. The topological polar surface area (TPSA) is 92.7 Å². The molecule has 0 bridgehead atoms. The molecule has 3 aromatic heterocycles. The van der Waals surface area contributed by atoms with Crippen LogP contribution in [0.4, 0.5) is 11.5 Å². The maximum Gasteiger partial charge on any atom is 0.236 e. The standard InChI is InChI=1S/C24H21N7O/c1-32-19-6-7-22-16(10-19)8-9-31(22)24-29-21-14-25-13-20(21)23(30-24)28-18-4-2-15(3-5-18)17-11-26-27-12-17/h2-12,25H,13-14H2,1H3,(H,26,27)(H,28,29,30). The van der Waals surface area contributed by atoms with Crippen LogP contribution < -0.4 is 15.4 Å². The van der Waals surface area contributed by atoms with Crippen molar-refractivity contribution in [1.82, 2.24) is 30.0 Å². The molecule has 0 saturated heterocycles. The molecule has 0 spiro atoms. The van der Waals surface area contributed by atoms with Gasteiger partial charge in [0.2, 0.25) is 5.95 Å². The van der Waals surface area contributed by atoms with E-state index in [0.717, 1.165) is 63.6 Å². The van der Waals surface area contributed by atoms with Gasteiger partial charge < -0.3 is 15.4 Å². The molecular formula is C24H21N7O. The second kappa shape index (κ2) is 7.51. The second-order valence-corrected chi connectivity index (χ2v) is 7.70. The van der Waals surface area contributed by atoms with Crippen molar-refractivity contribution in [3.8, 4) is 22.8 Å². The van der Waals surface area contributed by atoms with E-state index >= 15 is 0 Å². The van der Waals surface area contributed by atoms with Crippen LogP contribution in [0.15, 0.2) is 67.1 Å². The Labute approximate surface area is 184 Å². The van der Waals surface area contributed by atoms with E-state index in [-0.39, 0.29) is 0 Å². The molecule has 0 fully saturated rings. The maximum atomic E-state index is 5.35. The Balaban J connectivity index is 1.37. The average Bonchev–Trinajstić information content (AvgIpc) is 3.59. The van der Waals surface area contributed by atoms with E-state index in [1.54, 1.807) is 7.11 Å². The lowest BCUT2D eigenvalue weighted by molar-refractivity contribution is 0.415.